The summed E-state index contributed by atoms with van der Waals surface area (Å²) in [6, 6.07) is -0.421. The lowest BCUT2D eigenvalue weighted by molar-refractivity contribution is -0.134. The van der Waals surface area contributed by atoms with Crippen molar-refractivity contribution < 1.29 is 13.2 Å². The summed E-state index contributed by atoms with van der Waals surface area (Å²) >= 11 is 0. The van der Waals surface area contributed by atoms with Crippen molar-refractivity contribution in [2.45, 2.75) is 51.6 Å². The molecule has 0 saturated carbocycles. The summed E-state index contributed by atoms with van der Waals surface area (Å²) in [7, 11) is -3.17. The number of piperidine rings is 1. The lowest BCUT2D eigenvalue weighted by Gasteiger charge is -2.37. The summed E-state index contributed by atoms with van der Waals surface area (Å²) in [5, 5.41) is 0. The van der Waals surface area contributed by atoms with Crippen molar-refractivity contribution in [1.29, 1.82) is 0 Å². The molecule has 1 saturated heterocycles. The van der Waals surface area contributed by atoms with Gasteiger partial charge in [0.05, 0.1) is 12.3 Å². The Bertz CT molecular complexity index is 422. The summed E-state index contributed by atoms with van der Waals surface area (Å²) in [6.07, 6.45) is 4.20. The molecule has 21 heavy (non-hydrogen) atoms. The fourth-order valence-corrected chi connectivity index (χ4v) is 4.03. The molecule has 0 spiro atoms. The molecule has 1 unspecified atom stereocenters. The van der Waals surface area contributed by atoms with Gasteiger partial charge in [-0.2, -0.15) is 4.31 Å². The molecule has 1 amide bonds. The molecule has 8 heteroatoms. The summed E-state index contributed by atoms with van der Waals surface area (Å²) in [5.41, 5.74) is 5.85. The van der Waals surface area contributed by atoms with Crippen molar-refractivity contribution in [2.75, 3.05) is 25.9 Å². The van der Waals surface area contributed by atoms with Crippen LogP contribution in [0, 0.1) is 0 Å². The third kappa shape index (κ3) is 5.73. The zero-order valence-corrected chi connectivity index (χ0v) is 14.8. The monoisotopic (exact) mass is 341 g/mol. The van der Waals surface area contributed by atoms with Gasteiger partial charge in [-0.25, -0.2) is 8.42 Å². The number of halogens is 1. The molecule has 0 aromatic heterocycles. The van der Waals surface area contributed by atoms with E-state index in [9.17, 15) is 13.2 Å². The van der Waals surface area contributed by atoms with Crippen LogP contribution in [0.4, 0.5) is 0 Å². The second-order valence-corrected chi connectivity index (χ2v) is 7.35. The normalized spacial score (nSPS) is 18.4. The topological polar surface area (TPSA) is 83.7 Å². The number of amides is 1. The van der Waals surface area contributed by atoms with Gasteiger partial charge in [0.1, 0.15) is 0 Å². The molecule has 126 valence electrons. The van der Waals surface area contributed by atoms with Gasteiger partial charge in [-0.15, -0.1) is 12.4 Å². The Kier molecular flexibility index (Phi) is 8.77. The van der Waals surface area contributed by atoms with E-state index in [1.807, 2.05) is 13.8 Å². The highest BCUT2D eigenvalue weighted by molar-refractivity contribution is 7.88. The van der Waals surface area contributed by atoms with E-state index in [0.29, 0.717) is 38.9 Å². The summed E-state index contributed by atoms with van der Waals surface area (Å²) in [6.45, 7) is 5.51. The molecular weight excluding hydrogens is 314 g/mol. The molecule has 1 aliphatic heterocycles. The van der Waals surface area contributed by atoms with E-state index in [4.69, 9.17) is 5.73 Å². The molecule has 0 aromatic carbocycles. The Labute approximate surface area is 134 Å². The molecule has 0 aromatic rings. The Morgan fingerprint density at radius 3 is 2.24 bits per heavy atom. The van der Waals surface area contributed by atoms with Crippen molar-refractivity contribution in [3.63, 3.8) is 0 Å². The zero-order chi connectivity index (χ0) is 15.3. The average Bonchev–Trinajstić information content (AvgIpc) is 2.38. The van der Waals surface area contributed by atoms with Crippen molar-refractivity contribution in [3.8, 4) is 0 Å². The van der Waals surface area contributed by atoms with Crippen LogP contribution in [-0.4, -0.2) is 61.5 Å². The lowest BCUT2D eigenvalue weighted by atomic mass is 10.0. The second-order valence-electron chi connectivity index (χ2n) is 5.42. The van der Waals surface area contributed by atoms with Gasteiger partial charge in [-0.3, -0.25) is 4.79 Å². The van der Waals surface area contributed by atoms with Crippen LogP contribution in [0.25, 0.3) is 0 Å². The standard InChI is InChI=1S/C13H27N3O3S.ClH/c1-4-6-12(14)13(17)15-9-7-11(8-10-15)16(5-2)20(3,18)19;/h11-12H,4-10,14H2,1-3H3;1H. The van der Waals surface area contributed by atoms with Crippen LogP contribution in [0.2, 0.25) is 0 Å². The van der Waals surface area contributed by atoms with Crippen LogP contribution < -0.4 is 5.73 Å². The molecular formula is C13H28ClN3O3S. The first kappa shape index (κ1) is 20.6. The lowest BCUT2D eigenvalue weighted by Crippen LogP contribution is -2.51. The van der Waals surface area contributed by atoms with Crippen molar-refractivity contribution in [2.24, 2.45) is 5.73 Å². The van der Waals surface area contributed by atoms with Gasteiger partial charge in [-0.1, -0.05) is 20.3 Å². The molecule has 6 nitrogen and oxygen atoms in total. The maximum Gasteiger partial charge on any atom is 0.239 e. The Morgan fingerprint density at radius 1 is 1.33 bits per heavy atom. The first-order chi connectivity index (χ1) is 9.31. The highest BCUT2D eigenvalue weighted by Crippen LogP contribution is 2.19. The first-order valence-electron chi connectivity index (χ1n) is 7.32. The number of sulfonamides is 1. The van der Waals surface area contributed by atoms with Gasteiger partial charge in [0.25, 0.3) is 0 Å². The number of hydrogen-bond acceptors (Lipinski definition) is 4. The van der Waals surface area contributed by atoms with E-state index in [2.05, 4.69) is 0 Å². The number of carbonyl (C=O) groups excluding carboxylic acids is 1. The molecule has 1 atom stereocenters. The number of nitrogens with zero attached hydrogens (tertiary/aromatic N) is 2. The highest BCUT2D eigenvalue weighted by atomic mass is 35.5. The zero-order valence-electron chi connectivity index (χ0n) is 13.1. The van der Waals surface area contributed by atoms with Crippen LogP contribution in [0.5, 0.6) is 0 Å². The van der Waals surface area contributed by atoms with Crippen LogP contribution in [-0.2, 0) is 14.8 Å². The van der Waals surface area contributed by atoms with Crippen molar-refractivity contribution in [1.82, 2.24) is 9.21 Å². The van der Waals surface area contributed by atoms with Gasteiger partial charge in [0.2, 0.25) is 15.9 Å². The number of nitrogens with two attached hydrogens (primary N) is 1. The minimum absolute atomic E-state index is 0. The third-order valence-electron chi connectivity index (χ3n) is 3.84. The van der Waals surface area contributed by atoms with E-state index < -0.39 is 16.1 Å². The van der Waals surface area contributed by atoms with Gasteiger partial charge in [0, 0.05) is 25.7 Å². The third-order valence-corrected chi connectivity index (χ3v) is 5.25. The molecule has 1 aliphatic rings. The quantitative estimate of drug-likeness (QED) is 0.774. The Morgan fingerprint density at radius 2 is 1.86 bits per heavy atom. The van der Waals surface area contributed by atoms with Gasteiger partial charge < -0.3 is 10.6 Å². The molecule has 1 rings (SSSR count). The van der Waals surface area contributed by atoms with Crippen LogP contribution in [0.3, 0.4) is 0 Å². The number of hydrogen-bond donors (Lipinski definition) is 1. The minimum atomic E-state index is -3.17. The second kappa shape index (κ2) is 8.92. The predicted molar refractivity (Wildman–Crippen MR) is 87.0 cm³/mol. The fourth-order valence-electron chi connectivity index (χ4n) is 2.81. The van der Waals surface area contributed by atoms with Gasteiger partial charge in [0.15, 0.2) is 0 Å². The molecule has 1 fully saturated rings. The van der Waals surface area contributed by atoms with Gasteiger partial charge >= 0.3 is 0 Å². The molecule has 0 bridgehead atoms. The van der Waals surface area contributed by atoms with E-state index in [1.165, 1.54) is 10.6 Å². The summed E-state index contributed by atoms with van der Waals surface area (Å²) in [4.78, 5) is 13.9. The van der Waals surface area contributed by atoms with Gasteiger partial charge in [-0.05, 0) is 19.3 Å². The highest BCUT2D eigenvalue weighted by Gasteiger charge is 2.31. The number of likely N-dealkylation sites (tertiary alicyclic amines) is 1. The molecule has 0 aliphatic carbocycles. The van der Waals surface area contributed by atoms with Crippen LogP contribution in [0.1, 0.15) is 39.5 Å². The van der Waals surface area contributed by atoms with Crippen LogP contribution >= 0.6 is 12.4 Å². The molecule has 1 heterocycles. The fraction of sp³-hybridized carbons (Fsp3) is 0.923. The summed E-state index contributed by atoms with van der Waals surface area (Å²) < 4.78 is 24.9. The Hall–Kier alpha value is -0.370. The first-order valence-corrected chi connectivity index (χ1v) is 9.17. The largest absolute Gasteiger partial charge is 0.341 e. The summed E-state index contributed by atoms with van der Waals surface area (Å²) in [5.74, 6) is -0.00676. The Balaban J connectivity index is 0.00000400. The minimum Gasteiger partial charge on any atom is -0.341 e. The van der Waals surface area contributed by atoms with E-state index in [-0.39, 0.29) is 24.4 Å². The number of carbonyl (C=O) groups is 1. The van der Waals surface area contributed by atoms with E-state index in [1.54, 1.807) is 4.90 Å². The maximum atomic E-state index is 12.1. The smallest absolute Gasteiger partial charge is 0.239 e. The maximum absolute atomic E-state index is 12.1. The van der Waals surface area contributed by atoms with Crippen LogP contribution in [0.15, 0.2) is 0 Å². The SMILES string of the molecule is CCCC(N)C(=O)N1CCC(N(CC)S(C)(=O)=O)CC1.Cl. The van der Waals surface area contributed by atoms with Crippen molar-refractivity contribution in [3.05, 3.63) is 0 Å². The van der Waals surface area contributed by atoms with E-state index in [0.717, 1.165) is 6.42 Å². The van der Waals surface area contributed by atoms with E-state index >= 15 is 0 Å². The predicted octanol–water partition coefficient (Wildman–Crippen LogP) is 0.808. The number of rotatable bonds is 6. The van der Waals surface area contributed by atoms with Crippen molar-refractivity contribution >= 4 is 28.3 Å². The average molecular weight is 342 g/mol. The molecule has 2 N–H and O–H groups in total. The molecule has 0 radical (unpaired) electrons.